The molecule has 1 aliphatic carbocycles. The van der Waals surface area contributed by atoms with Gasteiger partial charge in [-0.3, -0.25) is 9.59 Å². The van der Waals surface area contributed by atoms with Gasteiger partial charge in [0.15, 0.2) is 17.5 Å². The highest BCUT2D eigenvalue weighted by Gasteiger charge is 2.48. The number of carbonyl (C=O) groups is 2. The summed E-state index contributed by atoms with van der Waals surface area (Å²) in [5.41, 5.74) is 1.12. The maximum Gasteiger partial charge on any atom is 0.228 e. The molecule has 2 aromatic rings. The third-order valence-corrected chi connectivity index (χ3v) is 4.41. The first-order valence-electron chi connectivity index (χ1n) is 8.30. The van der Waals surface area contributed by atoms with Crippen LogP contribution in [0.2, 0.25) is 0 Å². The number of nitrogens with zero attached hydrogens (tertiary/aromatic N) is 1. The van der Waals surface area contributed by atoms with E-state index in [2.05, 4.69) is 10.6 Å². The van der Waals surface area contributed by atoms with Crippen molar-refractivity contribution in [2.45, 2.75) is 6.42 Å². The first-order valence-corrected chi connectivity index (χ1v) is 8.30. The molecule has 27 heavy (non-hydrogen) atoms. The molecule has 2 N–H and O–H groups in total. The number of hydrogen-bond acceptors (Lipinski definition) is 3. The van der Waals surface area contributed by atoms with Crippen LogP contribution < -0.4 is 15.5 Å². The zero-order valence-electron chi connectivity index (χ0n) is 14.7. The van der Waals surface area contributed by atoms with Gasteiger partial charge in [0.2, 0.25) is 11.8 Å². The van der Waals surface area contributed by atoms with E-state index in [0.717, 1.165) is 17.8 Å². The van der Waals surface area contributed by atoms with E-state index < -0.39 is 40.9 Å². The molecule has 0 saturated heterocycles. The standard InChI is InChI=1S/C19H18F3N3O2/c1-25(2)11-5-3-10(4-6-11)23-18(26)12-9-13(12)19(27)24-15-8-7-14(20)16(21)17(15)22/h3-8,12-13H,9H2,1-2H3,(H,23,26)(H,24,27). The second kappa shape index (κ2) is 7.30. The van der Waals surface area contributed by atoms with E-state index in [1.54, 1.807) is 12.1 Å². The molecule has 142 valence electrons. The highest BCUT2D eigenvalue weighted by molar-refractivity contribution is 6.03. The molecule has 8 heteroatoms. The van der Waals surface area contributed by atoms with Crippen molar-refractivity contribution in [3.8, 4) is 0 Å². The van der Waals surface area contributed by atoms with Crippen molar-refractivity contribution in [3.05, 3.63) is 53.8 Å². The Morgan fingerprint density at radius 1 is 0.889 bits per heavy atom. The van der Waals surface area contributed by atoms with Gasteiger partial charge in [-0.05, 0) is 42.8 Å². The molecule has 0 radical (unpaired) electrons. The average Bonchev–Trinajstić information content (AvgIpc) is 3.43. The number of carbonyl (C=O) groups excluding carboxylic acids is 2. The van der Waals surface area contributed by atoms with Crippen molar-refractivity contribution in [1.82, 2.24) is 0 Å². The Labute approximate surface area is 154 Å². The van der Waals surface area contributed by atoms with E-state index in [-0.39, 0.29) is 5.91 Å². The van der Waals surface area contributed by atoms with Crippen molar-refractivity contribution in [3.63, 3.8) is 0 Å². The first kappa shape index (κ1) is 18.8. The van der Waals surface area contributed by atoms with Gasteiger partial charge in [0.05, 0.1) is 17.5 Å². The highest BCUT2D eigenvalue weighted by atomic mass is 19.2. The summed E-state index contributed by atoms with van der Waals surface area (Å²) in [6.45, 7) is 0. The van der Waals surface area contributed by atoms with Crippen molar-refractivity contribution < 1.29 is 22.8 Å². The average molecular weight is 377 g/mol. The lowest BCUT2D eigenvalue weighted by molar-refractivity contribution is -0.122. The fourth-order valence-electron chi connectivity index (χ4n) is 2.70. The predicted octanol–water partition coefficient (Wildman–Crippen LogP) is 3.38. The lowest BCUT2D eigenvalue weighted by Crippen LogP contribution is -2.21. The molecule has 0 aromatic heterocycles. The SMILES string of the molecule is CN(C)c1ccc(NC(=O)C2CC2C(=O)Nc2ccc(F)c(F)c2F)cc1. The van der Waals surface area contributed by atoms with Crippen LogP contribution in [0.5, 0.6) is 0 Å². The lowest BCUT2D eigenvalue weighted by Gasteiger charge is -2.13. The predicted molar refractivity (Wildman–Crippen MR) is 95.9 cm³/mol. The van der Waals surface area contributed by atoms with Crippen molar-refractivity contribution >= 4 is 28.9 Å². The zero-order valence-corrected chi connectivity index (χ0v) is 14.7. The maximum absolute atomic E-state index is 13.6. The lowest BCUT2D eigenvalue weighted by atomic mass is 10.2. The molecule has 0 heterocycles. The van der Waals surface area contributed by atoms with Gasteiger partial charge in [-0.15, -0.1) is 0 Å². The molecule has 2 aromatic carbocycles. The molecule has 1 saturated carbocycles. The van der Waals surface area contributed by atoms with Crippen LogP contribution in [0.4, 0.5) is 30.2 Å². The summed E-state index contributed by atoms with van der Waals surface area (Å²) in [6.07, 6.45) is 0.304. The van der Waals surface area contributed by atoms with Crippen LogP contribution in [0.1, 0.15) is 6.42 Å². The van der Waals surface area contributed by atoms with Gasteiger partial charge in [-0.2, -0.15) is 0 Å². The molecular weight excluding hydrogens is 359 g/mol. The molecule has 0 spiro atoms. The summed E-state index contributed by atoms with van der Waals surface area (Å²) >= 11 is 0. The quantitative estimate of drug-likeness (QED) is 0.786. The minimum atomic E-state index is -1.65. The molecule has 5 nitrogen and oxygen atoms in total. The topological polar surface area (TPSA) is 61.4 Å². The summed E-state index contributed by atoms with van der Waals surface area (Å²) in [5.74, 6) is -6.58. The summed E-state index contributed by atoms with van der Waals surface area (Å²) in [5, 5.41) is 4.93. The second-order valence-electron chi connectivity index (χ2n) is 6.59. The van der Waals surface area contributed by atoms with Gasteiger partial charge in [0.25, 0.3) is 0 Å². The normalized spacial score (nSPS) is 18.0. The summed E-state index contributed by atoms with van der Waals surface area (Å²) in [4.78, 5) is 26.3. The maximum atomic E-state index is 13.6. The Hall–Kier alpha value is -3.03. The van der Waals surface area contributed by atoms with E-state index in [1.807, 2.05) is 31.1 Å². The number of benzene rings is 2. The molecule has 1 aliphatic rings. The molecule has 2 unspecified atom stereocenters. The van der Waals surface area contributed by atoms with Gasteiger partial charge in [0.1, 0.15) is 0 Å². The van der Waals surface area contributed by atoms with E-state index in [0.29, 0.717) is 12.1 Å². The van der Waals surface area contributed by atoms with Crippen molar-refractivity contribution in [2.24, 2.45) is 11.8 Å². The van der Waals surface area contributed by atoms with Crippen molar-refractivity contribution in [1.29, 1.82) is 0 Å². The number of amides is 2. The monoisotopic (exact) mass is 377 g/mol. The molecular formula is C19H18F3N3O2. The largest absolute Gasteiger partial charge is 0.378 e. The van der Waals surface area contributed by atoms with Crippen LogP contribution in [0.25, 0.3) is 0 Å². The Morgan fingerprint density at radius 2 is 1.48 bits per heavy atom. The minimum absolute atomic E-state index is 0.304. The van der Waals surface area contributed by atoms with E-state index in [9.17, 15) is 22.8 Å². The van der Waals surface area contributed by atoms with Gasteiger partial charge < -0.3 is 15.5 Å². The number of rotatable bonds is 5. The Morgan fingerprint density at radius 3 is 2.07 bits per heavy atom. The van der Waals surface area contributed by atoms with Crippen LogP contribution in [0.3, 0.4) is 0 Å². The summed E-state index contributed by atoms with van der Waals surface area (Å²) in [7, 11) is 3.80. The molecule has 1 fully saturated rings. The highest BCUT2D eigenvalue weighted by Crippen LogP contribution is 2.40. The van der Waals surface area contributed by atoms with Crippen LogP contribution in [-0.4, -0.2) is 25.9 Å². The summed E-state index contributed by atoms with van der Waals surface area (Å²) < 4.78 is 39.8. The van der Waals surface area contributed by atoms with Gasteiger partial charge >= 0.3 is 0 Å². The number of hydrogen-bond donors (Lipinski definition) is 2. The van der Waals surface area contributed by atoms with Crippen LogP contribution in [0.15, 0.2) is 36.4 Å². The van der Waals surface area contributed by atoms with E-state index in [4.69, 9.17) is 0 Å². The summed E-state index contributed by atoms with van der Waals surface area (Å²) in [6, 6.07) is 8.86. The second-order valence-corrected chi connectivity index (χ2v) is 6.59. The van der Waals surface area contributed by atoms with E-state index >= 15 is 0 Å². The van der Waals surface area contributed by atoms with Gasteiger partial charge in [-0.25, -0.2) is 13.2 Å². The number of nitrogens with one attached hydrogen (secondary N) is 2. The zero-order chi connectivity index (χ0) is 19.7. The Bertz CT molecular complexity index is 885. The molecule has 0 bridgehead atoms. The smallest absolute Gasteiger partial charge is 0.228 e. The third-order valence-electron chi connectivity index (χ3n) is 4.41. The fourth-order valence-corrected chi connectivity index (χ4v) is 2.70. The van der Waals surface area contributed by atoms with Crippen LogP contribution in [0, 0.1) is 29.3 Å². The Kier molecular flexibility index (Phi) is 5.07. The molecule has 2 amide bonds. The third kappa shape index (κ3) is 4.05. The van der Waals surface area contributed by atoms with Crippen LogP contribution in [-0.2, 0) is 9.59 Å². The van der Waals surface area contributed by atoms with Crippen molar-refractivity contribution in [2.75, 3.05) is 29.6 Å². The minimum Gasteiger partial charge on any atom is -0.378 e. The Balaban J connectivity index is 1.57. The molecule has 2 atom stereocenters. The number of anilines is 3. The van der Waals surface area contributed by atoms with Gasteiger partial charge in [0, 0.05) is 25.5 Å². The fraction of sp³-hybridized carbons (Fsp3) is 0.263. The first-order chi connectivity index (χ1) is 12.8. The van der Waals surface area contributed by atoms with Gasteiger partial charge in [-0.1, -0.05) is 0 Å². The molecule has 3 rings (SSSR count). The van der Waals surface area contributed by atoms with Crippen LogP contribution >= 0.6 is 0 Å². The number of halogens is 3. The molecule has 0 aliphatic heterocycles. The van der Waals surface area contributed by atoms with E-state index in [1.165, 1.54) is 0 Å².